The summed E-state index contributed by atoms with van der Waals surface area (Å²) in [5.41, 5.74) is 3.38. The molecule has 2 aliphatic rings. The fraction of sp³-hybridized carbons (Fsp3) is 0.357. The summed E-state index contributed by atoms with van der Waals surface area (Å²) in [6.07, 6.45) is 5.65. The number of carbonyl (C=O) groups excluding carboxylic acids is 2. The van der Waals surface area contributed by atoms with Crippen molar-refractivity contribution in [3.63, 3.8) is 0 Å². The zero-order valence-electron chi connectivity index (χ0n) is 20.5. The third-order valence-corrected chi connectivity index (χ3v) is 6.47. The number of rotatable bonds is 9. The molecule has 0 bridgehead atoms. The molecule has 3 aromatic rings. The third kappa shape index (κ3) is 6.33. The SMILES string of the molecule is CN1CCN(CC(=O)Nc2cc(C(=O)Cc3cnc(-c4ccccc4)cn3)ccc2OC2CC2)CC1. The minimum atomic E-state index is -0.104. The van der Waals surface area contributed by atoms with E-state index in [0.717, 1.165) is 50.3 Å². The summed E-state index contributed by atoms with van der Waals surface area (Å²) in [5.74, 6) is 0.407. The van der Waals surface area contributed by atoms with Crippen LogP contribution in [0.3, 0.4) is 0 Å². The number of nitrogens with zero attached hydrogens (tertiary/aromatic N) is 4. The Morgan fingerprint density at radius 1 is 1.00 bits per heavy atom. The summed E-state index contributed by atoms with van der Waals surface area (Å²) in [6, 6.07) is 15.0. The number of ketones is 1. The summed E-state index contributed by atoms with van der Waals surface area (Å²) >= 11 is 0. The lowest BCUT2D eigenvalue weighted by Crippen LogP contribution is -2.47. The topological polar surface area (TPSA) is 87.7 Å². The highest BCUT2D eigenvalue weighted by Crippen LogP contribution is 2.33. The Bertz CT molecular complexity index is 1200. The lowest BCUT2D eigenvalue weighted by atomic mass is 10.1. The van der Waals surface area contributed by atoms with E-state index in [2.05, 4.69) is 32.1 Å². The van der Waals surface area contributed by atoms with E-state index >= 15 is 0 Å². The van der Waals surface area contributed by atoms with Crippen molar-refractivity contribution < 1.29 is 14.3 Å². The van der Waals surface area contributed by atoms with Crippen LogP contribution in [0.5, 0.6) is 5.75 Å². The number of carbonyl (C=O) groups is 2. The molecule has 2 heterocycles. The normalized spacial score (nSPS) is 16.5. The van der Waals surface area contributed by atoms with Gasteiger partial charge in [0.2, 0.25) is 5.91 Å². The highest BCUT2D eigenvalue weighted by molar-refractivity contribution is 6.00. The van der Waals surface area contributed by atoms with Crippen molar-refractivity contribution in [1.82, 2.24) is 19.8 Å². The van der Waals surface area contributed by atoms with Gasteiger partial charge in [-0.15, -0.1) is 0 Å². The Balaban J connectivity index is 1.26. The van der Waals surface area contributed by atoms with Crippen LogP contribution in [0.2, 0.25) is 0 Å². The molecule has 1 saturated heterocycles. The number of nitrogens with one attached hydrogen (secondary N) is 1. The standard InChI is InChI=1S/C28H31N5O3/c1-32-11-13-33(14-12-32)19-28(35)31-24-15-21(7-10-27(24)36-23-8-9-23)26(34)16-22-17-30-25(18-29-22)20-5-3-2-4-6-20/h2-7,10,15,17-18,23H,8-9,11-14,16,19H2,1H3,(H,31,35). The predicted octanol–water partition coefficient (Wildman–Crippen LogP) is 3.30. The molecule has 2 aromatic carbocycles. The first-order valence-corrected chi connectivity index (χ1v) is 12.4. The lowest BCUT2D eigenvalue weighted by molar-refractivity contribution is -0.117. The maximum Gasteiger partial charge on any atom is 0.238 e. The second-order valence-electron chi connectivity index (χ2n) is 9.51. The smallest absolute Gasteiger partial charge is 0.238 e. The molecule has 1 saturated carbocycles. The van der Waals surface area contributed by atoms with Gasteiger partial charge in [0.15, 0.2) is 5.78 Å². The highest BCUT2D eigenvalue weighted by atomic mass is 16.5. The molecule has 8 heteroatoms. The van der Waals surface area contributed by atoms with Crippen LogP contribution in [0.15, 0.2) is 60.9 Å². The Kier molecular flexibility index (Phi) is 7.34. The molecule has 36 heavy (non-hydrogen) atoms. The van der Waals surface area contributed by atoms with Gasteiger partial charge in [-0.2, -0.15) is 0 Å². The molecule has 0 spiro atoms. The maximum atomic E-state index is 13.1. The molecule has 1 N–H and O–H groups in total. The van der Waals surface area contributed by atoms with Crippen LogP contribution in [-0.2, 0) is 11.2 Å². The molecule has 0 unspecified atom stereocenters. The zero-order chi connectivity index (χ0) is 24.9. The van der Waals surface area contributed by atoms with E-state index in [4.69, 9.17) is 4.74 Å². The lowest BCUT2D eigenvalue weighted by Gasteiger charge is -2.31. The molecule has 0 atom stereocenters. The van der Waals surface area contributed by atoms with Crippen LogP contribution in [-0.4, -0.2) is 77.3 Å². The van der Waals surface area contributed by atoms with Crippen LogP contribution < -0.4 is 10.1 Å². The maximum absolute atomic E-state index is 13.1. The van der Waals surface area contributed by atoms with Crippen molar-refractivity contribution in [2.24, 2.45) is 0 Å². The van der Waals surface area contributed by atoms with Crippen molar-refractivity contribution in [3.05, 3.63) is 72.2 Å². The van der Waals surface area contributed by atoms with Crippen molar-refractivity contribution >= 4 is 17.4 Å². The van der Waals surface area contributed by atoms with Crippen molar-refractivity contribution in [2.75, 3.05) is 45.1 Å². The number of hydrogen-bond donors (Lipinski definition) is 1. The number of benzene rings is 2. The number of anilines is 1. The van der Waals surface area contributed by atoms with Crippen LogP contribution in [0.4, 0.5) is 5.69 Å². The van der Waals surface area contributed by atoms with Gasteiger partial charge in [0.25, 0.3) is 0 Å². The van der Waals surface area contributed by atoms with Gasteiger partial charge in [0.05, 0.1) is 42.3 Å². The third-order valence-electron chi connectivity index (χ3n) is 6.47. The summed E-state index contributed by atoms with van der Waals surface area (Å²) < 4.78 is 6.00. The largest absolute Gasteiger partial charge is 0.488 e. The average molecular weight is 486 g/mol. The second-order valence-corrected chi connectivity index (χ2v) is 9.51. The summed E-state index contributed by atoms with van der Waals surface area (Å²) in [6.45, 7) is 3.93. The average Bonchev–Trinajstić information content (AvgIpc) is 3.71. The highest BCUT2D eigenvalue weighted by Gasteiger charge is 2.26. The molecule has 1 aromatic heterocycles. The van der Waals surface area contributed by atoms with Gasteiger partial charge in [-0.1, -0.05) is 30.3 Å². The first-order chi connectivity index (χ1) is 17.5. The van der Waals surface area contributed by atoms with E-state index in [9.17, 15) is 9.59 Å². The molecule has 2 fully saturated rings. The van der Waals surface area contributed by atoms with Crippen molar-refractivity contribution in [1.29, 1.82) is 0 Å². The van der Waals surface area contributed by atoms with Gasteiger partial charge in [-0.05, 0) is 38.1 Å². The fourth-order valence-corrected chi connectivity index (χ4v) is 4.14. The number of aromatic nitrogens is 2. The molecule has 5 rings (SSSR count). The van der Waals surface area contributed by atoms with Gasteiger partial charge < -0.3 is 15.0 Å². The number of piperazine rings is 1. The van der Waals surface area contributed by atoms with Gasteiger partial charge in [0, 0.05) is 43.5 Å². The van der Waals surface area contributed by atoms with Crippen LogP contribution >= 0.6 is 0 Å². The monoisotopic (exact) mass is 485 g/mol. The van der Waals surface area contributed by atoms with Gasteiger partial charge in [-0.3, -0.25) is 24.5 Å². The predicted molar refractivity (Wildman–Crippen MR) is 138 cm³/mol. The molecule has 186 valence electrons. The number of ether oxygens (including phenoxy) is 1. The molecule has 1 amide bonds. The van der Waals surface area contributed by atoms with E-state index in [1.54, 1.807) is 30.6 Å². The van der Waals surface area contributed by atoms with E-state index in [1.165, 1.54) is 0 Å². The zero-order valence-corrected chi connectivity index (χ0v) is 20.5. The second kappa shape index (κ2) is 11.0. The minimum Gasteiger partial charge on any atom is -0.488 e. The number of likely N-dealkylation sites (N-methyl/N-ethyl adjacent to an activating group) is 1. The molecule has 8 nitrogen and oxygen atoms in total. The first kappa shape index (κ1) is 24.1. The van der Waals surface area contributed by atoms with E-state index < -0.39 is 0 Å². The number of amides is 1. The van der Waals surface area contributed by atoms with Crippen molar-refractivity contribution in [2.45, 2.75) is 25.4 Å². The summed E-state index contributed by atoms with van der Waals surface area (Å²) in [4.78, 5) is 39.2. The molecule has 1 aliphatic heterocycles. The van der Waals surface area contributed by atoms with Crippen LogP contribution in [0.1, 0.15) is 28.9 Å². The van der Waals surface area contributed by atoms with Gasteiger partial charge in [-0.25, -0.2) is 0 Å². The van der Waals surface area contributed by atoms with E-state index in [1.807, 2.05) is 30.3 Å². The van der Waals surface area contributed by atoms with Gasteiger partial charge in [0.1, 0.15) is 5.75 Å². The van der Waals surface area contributed by atoms with E-state index in [-0.39, 0.29) is 24.2 Å². The minimum absolute atomic E-state index is 0.0932. The van der Waals surface area contributed by atoms with E-state index in [0.29, 0.717) is 29.2 Å². The number of hydrogen-bond acceptors (Lipinski definition) is 7. The Morgan fingerprint density at radius 3 is 2.47 bits per heavy atom. The fourth-order valence-electron chi connectivity index (χ4n) is 4.14. The summed E-state index contributed by atoms with van der Waals surface area (Å²) in [7, 11) is 2.09. The Labute approximate surface area is 211 Å². The van der Waals surface area contributed by atoms with Crippen LogP contribution in [0.25, 0.3) is 11.3 Å². The summed E-state index contributed by atoms with van der Waals surface area (Å²) in [5, 5.41) is 2.99. The van der Waals surface area contributed by atoms with Crippen molar-refractivity contribution in [3.8, 4) is 17.0 Å². The first-order valence-electron chi connectivity index (χ1n) is 12.4. The Morgan fingerprint density at radius 2 is 1.78 bits per heavy atom. The molecular weight excluding hydrogens is 454 g/mol. The molecular formula is C28H31N5O3. The number of Topliss-reactive ketones (excluding diaryl/α,β-unsaturated/α-hetero) is 1. The Hall–Kier alpha value is -3.62. The quantitative estimate of drug-likeness (QED) is 0.465. The molecule has 0 radical (unpaired) electrons. The van der Waals surface area contributed by atoms with Gasteiger partial charge >= 0.3 is 0 Å². The molecule has 1 aliphatic carbocycles. The van der Waals surface area contributed by atoms with Crippen LogP contribution in [0, 0.1) is 0 Å².